The van der Waals surface area contributed by atoms with Gasteiger partial charge in [-0.25, -0.2) is 19.3 Å². The molecule has 0 radical (unpaired) electrons. The molecule has 0 saturated carbocycles. The summed E-state index contributed by atoms with van der Waals surface area (Å²) >= 11 is 0. The average molecular weight is 266 g/mol. The predicted octanol–water partition coefficient (Wildman–Crippen LogP) is -0.626. The Balaban J connectivity index is 1.92. The van der Waals surface area contributed by atoms with E-state index in [1.54, 1.807) is 20.1 Å². The van der Waals surface area contributed by atoms with Crippen LogP contribution < -0.4 is 16.3 Å². The van der Waals surface area contributed by atoms with E-state index in [0.717, 1.165) is 19.6 Å². The molecule has 0 amide bonds. The maximum Gasteiger partial charge on any atom is 0.349 e. The van der Waals surface area contributed by atoms with Crippen LogP contribution in [0.15, 0.2) is 10.9 Å². The van der Waals surface area contributed by atoms with E-state index in [0.29, 0.717) is 23.9 Å². The van der Waals surface area contributed by atoms with Crippen LogP contribution in [-0.4, -0.2) is 52.9 Å². The highest BCUT2D eigenvalue weighted by Gasteiger charge is 2.06. The van der Waals surface area contributed by atoms with E-state index in [1.807, 2.05) is 0 Å². The number of aromatic nitrogens is 4. The number of ether oxygens (including phenoxy) is 1. The normalized spacial score (nSPS) is 11.1. The summed E-state index contributed by atoms with van der Waals surface area (Å²) in [6.45, 7) is 4.83. The van der Waals surface area contributed by atoms with Crippen molar-refractivity contribution in [1.82, 2.24) is 24.9 Å². The number of aromatic amines is 1. The lowest BCUT2D eigenvalue weighted by Gasteiger charge is -2.08. The van der Waals surface area contributed by atoms with Crippen LogP contribution in [0.3, 0.4) is 0 Å². The standard InChI is InChI=1S/C11H18N6O2/c1-8-14-9(13-4-3-12-5-6-19-2)7-10-15-16-11(18)17(8)10/h7,12-13H,3-6H2,1-2H3,(H,16,18). The van der Waals surface area contributed by atoms with Crippen LogP contribution in [0, 0.1) is 6.92 Å². The summed E-state index contributed by atoms with van der Waals surface area (Å²) in [4.78, 5) is 15.7. The van der Waals surface area contributed by atoms with Gasteiger partial charge >= 0.3 is 5.69 Å². The van der Waals surface area contributed by atoms with Crippen molar-refractivity contribution in [2.75, 3.05) is 38.7 Å². The molecule has 0 aliphatic heterocycles. The highest BCUT2D eigenvalue weighted by Crippen LogP contribution is 2.06. The Labute approximate surface area is 110 Å². The lowest BCUT2D eigenvalue weighted by molar-refractivity contribution is 0.200. The lowest BCUT2D eigenvalue weighted by Crippen LogP contribution is -2.25. The van der Waals surface area contributed by atoms with E-state index >= 15 is 0 Å². The highest BCUT2D eigenvalue weighted by atomic mass is 16.5. The van der Waals surface area contributed by atoms with E-state index in [2.05, 4.69) is 25.8 Å². The molecule has 2 aromatic heterocycles. The Bertz CT molecular complexity index is 590. The number of aryl methyl sites for hydroxylation is 1. The number of nitrogens with one attached hydrogen (secondary N) is 3. The smallest absolute Gasteiger partial charge is 0.349 e. The van der Waals surface area contributed by atoms with Gasteiger partial charge in [0.1, 0.15) is 11.6 Å². The summed E-state index contributed by atoms with van der Waals surface area (Å²) in [5.41, 5.74) is 0.292. The number of H-pyrrole nitrogens is 1. The van der Waals surface area contributed by atoms with Crippen molar-refractivity contribution in [2.45, 2.75) is 6.92 Å². The second-order valence-electron chi connectivity index (χ2n) is 4.08. The molecule has 0 saturated heterocycles. The average Bonchev–Trinajstić information content (AvgIpc) is 2.76. The van der Waals surface area contributed by atoms with Gasteiger partial charge in [-0.3, -0.25) is 0 Å². The second-order valence-corrected chi connectivity index (χ2v) is 4.08. The van der Waals surface area contributed by atoms with Gasteiger partial charge in [0.25, 0.3) is 0 Å². The van der Waals surface area contributed by atoms with Crippen molar-refractivity contribution in [3.63, 3.8) is 0 Å². The summed E-state index contributed by atoms with van der Waals surface area (Å²) in [6, 6.07) is 1.74. The van der Waals surface area contributed by atoms with Gasteiger partial charge in [-0.15, -0.1) is 0 Å². The number of fused-ring (bicyclic) bond motifs is 1. The van der Waals surface area contributed by atoms with Crippen molar-refractivity contribution in [1.29, 1.82) is 0 Å². The number of methoxy groups -OCH3 is 1. The van der Waals surface area contributed by atoms with Crippen molar-refractivity contribution < 1.29 is 4.74 Å². The maximum atomic E-state index is 11.4. The molecule has 2 rings (SSSR count). The Morgan fingerprint density at radius 3 is 3.05 bits per heavy atom. The fraction of sp³-hybridized carbons (Fsp3) is 0.545. The first-order valence-electron chi connectivity index (χ1n) is 6.10. The molecule has 2 heterocycles. The minimum absolute atomic E-state index is 0.271. The molecule has 0 spiro atoms. The number of nitrogens with zero attached hydrogens (tertiary/aromatic N) is 3. The lowest BCUT2D eigenvalue weighted by atomic mass is 10.5. The molecule has 3 N–H and O–H groups in total. The molecule has 0 aliphatic carbocycles. The zero-order valence-electron chi connectivity index (χ0n) is 11.1. The molecule has 104 valence electrons. The van der Waals surface area contributed by atoms with Crippen LogP contribution >= 0.6 is 0 Å². The Hall–Kier alpha value is -1.93. The quantitative estimate of drug-likeness (QED) is 0.578. The van der Waals surface area contributed by atoms with E-state index in [-0.39, 0.29) is 5.69 Å². The minimum atomic E-state index is -0.271. The molecular weight excluding hydrogens is 248 g/mol. The monoisotopic (exact) mass is 266 g/mol. The van der Waals surface area contributed by atoms with Crippen molar-refractivity contribution in [2.24, 2.45) is 0 Å². The fourth-order valence-corrected chi connectivity index (χ4v) is 1.77. The second kappa shape index (κ2) is 6.30. The van der Waals surface area contributed by atoms with Gasteiger partial charge in [-0.05, 0) is 6.92 Å². The first kappa shape index (κ1) is 13.5. The number of hydrogen-bond donors (Lipinski definition) is 3. The summed E-state index contributed by atoms with van der Waals surface area (Å²) < 4.78 is 6.37. The largest absolute Gasteiger partial charge is 0.383 e. The first-order valence-corrected chi connectivity index (χ1v) is 6.10. The van der Waals surface area contributed by atoms with Crippen LogP contribution in [0.2, 0.25) is 0 Å². The summed E-state index contributed by atoms with van der Waals surface area (Å²) in [7, 11) is 1.67. The van der Waals surface area contributed by atoms with Crippen LogP contribution in [0.5, 0.6) is 0 Å². The van der Waals surface area contributed by atoms with E-state index in [4.69, 9.17) is 4.74 Å². The van der Waals surface area contributed by atoms with Crippen LogP contribution in [-0.2, 0) is 4.74 Å². The number of anilines is 1. The Morgan fingerprint density at radius 2 is 2.26 bits per heavy atom. The zero-order valence-corrected chi connectivity index (χ0v) is 11.1. The van der Waals surface area contributed by atoms with E-state index in [9.17, 15) is 4.79 Å². The SMILES string of the molecule is COCCNCCNc1cc2n[nH]c(=O)n2c(C)n1. The summed E-state index contributed by atoms with van der Waals surface area (Å²) in [6.07, 6.45) is 0. The molecule has 0 aliphatic rings. The third-order valence-corrected chi connectivity index (χ3v) is 2.66. The molecule has 2 aromatic rings. The molecule has 0 atom stereocenters. The molecule has 0 bridgehead atoms. The van der Waals surface area contributed by atoms with Gasteiger partial charge in [0.15, 0.2) is 5.65 Å². The Morgan fingerprint density at radius 1 is 1.42 bits per heavy atom. The van der Waals surface area contributed by atoms with Crippen molar-refractivity contribution in [3.05, 3.63) is 22.4 Å². The summed E-state index contributed by atoms with van der Waals surface area (Å²) in [5, 5.41) is 12.7. The molecule has 8 heteroatoms. The molecule has 8 nitrogen and oxygen atoms in total. The predicted molar refractivity (Wildman–Crippen MR) is 71.6 cm³/mol. The van der Waals surface area contributed by atoms with Gasteiger partial charge in [0, 0.05) is 32.8 Å². The van der Waals surface area contributed by atoms with Gasteiger partial charge in [0.2, 0.25) is 0 Å². The highest BCUT2D eigenvalue weighted by molar-refractivity contribution is 5.49. The topological polar surface area (TPSA) is 96.3 Å². The fourth-order valence-electron chi connectivity index (χ4n) is 1.77. The number of hydrogen-bond acceptors (Lipinski definition) is 6. The molecule has 19 heavy (non-hydrogen) atoms. The van der Waals surface area contributed by atoms with Gasteiger partial charge in [-0.2, -0.15) is 5.10 Å². The third kappa shape index (κ3) is 3.30. The minimum Gasteiger partial charge on any atom is -0.383 e. The summed E-state index contributed by atoms with van der Waals surface area (Å²) in [5.74, 6) is 1.31. The van der Waals surface area contributed by atoms with Gasteiger partial charge < -0.3 is 15.4 Å². The molecule has 0 aromatic carbocycles. The van der Waals surface area contributed by atoms with Gasteiger partial charge in [0.05, 0.1) is 6.61 Å². The van der Waals surface area contributed by atoms with Crippen molar-refractivity contribution >= 4 is 11.5 Å². The zero-order chi connectivity index (χ0) is 13.7. The molecule has 0 fully saturated rings. The van der Waals surface area contributed by atoms with Crippen LogP contribution in [0.4, 0.5) is 5.82 Å². The third-order valence-electron chi connectivity index (χ3n) is 2.66. The van der Waals surface area contributed by atoms with Gasteiger partial charge in [-0.1, -0.05) is 0 Å². The van der Waals surface area contributed by atoms with E-state index < -0.39 is 0 Å². The molecule has 0 unspecified atom stereocenters. The maximum absolute atomic E-state index is 11.4. The van der Waals surface area contributed by atoms with Crippen LogP contribution in [0.25, 0.3) is 5.65 Å². The number of rotatable bonds is 7. The first-order chi connectivity index (χ1) is 9.22. The molecular formula is C11H18N6O2. The van der Waals surface area contributed by atoms with E-state index in [1.165, 1.54) is 4.40 Å². The Kier molecular flexibility index (Phi) is 4.48. The van der Waals surface area contributed by atoms with Crippen molar-refractivity contribution in [3.8, 4) is 0 Å². The van der Waals surface area contributed by atoms with Crippen LogP contribution in [0.1, 0.15) is 5.82 Å².